The zero-order valence-electron chi connectivity index (χ0n) is 18.7. The van der Waals surface area contributed by atoms with Crippen molar-refractivity contribution in [1.82, 2.24) is 0 Å². The SMILES string of the molecule is CCCCCCCCCCCCCC(O)CCCCCCC(CC)S(=O)(=O)O. The molecule has 0 aromatic heterocycles. The Bertz CT molecular complexity index is 422. The van der Waals surface area contributed by atoms with Gasteiger partial charge in [-0.1, -0.05) is 110 Å². The van der Waals surface area contributed by atoms with E-state index in [1.165, 1.54) is 64.2 Å². The minimum atomic E-state index is -3.89. The minimum absolute atomic E-state index is 0.181. The quantitative estimate of drug-likeness (QED) is 0.154. The summed E-state index contributed by atoms with van der Waals surface area (Å²) < 4.78 is 31.4. The molecule has 2 N–H and O–H groups in total. The fourth-order valence-electron chi connectivity index (χ4n) is 3.86. The van der Waals surface area contributed by atoms with Gasteiger partial charge >= 0.3 is 0 Å². The first-order valence-electron chi connectivity index (χ1n) is 12.1. The van der Waals surface area contributed by atoms with Crippen LogP contribution < -0.4 is 0 Å². The van der Waals surface area contributed by atoms with E-state index >= 15 is 0 Å². The molecule has 2 unspecified atom stereocenters. The first-order valence-corrected chi connectivity index (χ1v) is 13.6. The van der Waals surface area contributed by atoms with Gasteiger partial charge < -0.3 is 5.11 Å². The summed E-state index contributed by atoms with van der Waals surface area (Å²) in [5.41, 5.74) is 0. The number of hydrogen-bond donors (Lipinski definition) is 2. The van der Waals surface area contributed by atoms with Crippen LogP contribution in [0, 0.1) is 0 Å². The van der Waals surface area contributed by atoms with Gasteiger partial charge in [0.25, 0.3) is 10.1 Å². The summed E-state index contributed by atoms with van der Waals surface area (Å²) in [6, 6.07) is 0. The van der Waals surface area contributed by atoms with Crippen LogP contribution in [0.3, 0.4) is 0 Å². The van der Waals surface area contributed by atoms with E-state index in [0.717, 1.165) is 44.9 Å². The summed E-state index contributed by atoms with van der Waals surface area (Å²) in [4.78, 5) is 0. The van der Waals surface area contributed by atoms with Crippen molar-refractivity contribution in [3.63, 3.8) is 0 Å². The Labute approximate surface area is 175 Å². The van der Waals surface area contributed by atoms with Gasteiger partial charge in [0, 0.05) is 0 Å². The van der Waals surface area contributed by atoms with Crippen molar-refractivity contribution < 1.29 is 18.1 Å². The van der Waals surface area contributed by atoms with Gasteiger partial charge in [-0.3, -0.25) is 4.55 Å². The van der Waals surface area contributed by atoms with E-state index in [1.54, 1.807) is 6.92 Å². The topological polar surface area (TPSA) is 74.6 Å². The molecule has 0 aliphatic heterocycles. The number of rotatable bonds is 21. The van der Waals surface area contributed by atoms with Crippen molar-refractivity contribution in [3.05, 3.63) is 0 Å². The molecule has 0 rings (SSSR count). The highest BCUT2D eigenvalue weighted by molar-refractivity contribution is 7.86. The van der Waals surface area contributed by atoms with Crippen molar-refractivity contribution in [2.75, 3.05) is 0 Å². The van der Waals surface area contributed by atoms with Gasteiger partial charge in [-0.25, -0.2) is 0 Å². The van der Waals surface area contributed by atoms with E-state index in [2.05, 4.69) is 6.92 Å². The zero-order valence-corrected chi connectivity index (χ0v) is 19.5. The molecule has 0 aliphatic rings. The predicted molar refractivity (Wildman–Crippen MR) is 120 cm³/mol. The molecule has 0 radical (unpaired) electrons. The third kappa shape index (κ3) is 17.9. The highest BCUT2D eigenvalue weighted by Crippen LogP contribution is 2.17. The van der Waals surface area contributed by atoms with Crippen LogP contribution in [-0.4, -0.2) is 29.4 Å². The molecule has 0 saturated carbocycles. The molecule has 0 aromatic rings. The molecule has 0 aromatic carbocycles. The first kappa shape index (κ1) is 27.9. The summed E-state index contributed by atoms with van der Waals surface area (Å²) in [6.07, 6.45) is 21.1. The second-order valence-electron chi connectivity index (χ2n) is 8.51. The van der Waals surface area contributed by atoms with Gasteiger partial charge in [0.15, 0.2) is 0 Å². The lowest BCUT2D eigenvalue weighted by Crippen LogP contribution is -2.19. The summed E-state index contributed by atoms with van der Waals surface area (Å²) >= 11 is 0. The molecular weight excluding hydrogens is 372 g/mol. The standard InChI is InChI=1S/C23H48O4S/c1-3-5-6-7-8-9-10-11-12-13-16-19-22(24)20-17-14-15-18-21-23(4-2)28(25,26)27/h22-24H,3-21H2,1-2H3,(H,25,26,27). The van der Waals surface area contributed by atoms with Crippen molar-refractivity contribution in [2.24, 2.45) is 0 Å². The lowest BCUT2D eigenvalue weighted by molar-refractivity contribution is 0.147. The molecule has 5 heteroatoms. The van der Waals surface area contributed by atoms with Crippen molar-refractivity contribution in [1.29, 1.82) is 0 Å². The van der Waals surface area contributed by atoms with E-state index in [4.69, 9.17) is 4.55 Å². The average Bonchev–Trinajstić information content (AvgIpc) is 2.64. The summed E-state index contributed by atoms with van der Waals surface area (Å²) in [5, 5.41) is 9.46. The molecule has 170 valence electrons. The maximum absolute atomic E-state index is 11.1. The van der Waals surface area contributed by atoms with Crippen LogP contribution in [0.4, 0.5) is 0 Å². The molecule has 2 atom stereocenters. The summed E-state index contributed by atoms with van der Waals surface area (Å²) in [5.74, 6) is 0. The fraction of sp³-hybridized carbons (Fsp3) is 1.00. The van der Waals surface area contributed by atoms with Crippen LogP contribution in [0.2, 0.25) is 0 Å². The summed E-state index contributed by atoms with van der Waals surface area (Å²) in [6.45, 7) is 4.05. The summed E-state index contributed by atoms with van der Waals surface area (Å²) in [7, 11) is -3.89. The largest absolute Gasteiger partial charge is 0.393 e. The molecule has 0 aliphatic carbocycles. The molecule has 0 amide bonds. The predicted octanol–water partition coefficient (Wildman–Crippen LogP) is 7.06. The van der Waals surface area contributed by atoms with Gasteiger partial charge in [0.05, 0.1) is 11.4 Å². The van der Waals surface area contributed by atoms with Gasteiger partial charge in [-0.05, 0) is 25.7 Å². The van der Waals surface area contributed by atoms with Gasteiger partial charge in [-0.2, -0.15) is 8.42 Å². The average molecular weight is 421 g/mol. The van der Waals surface area contributed by atoms with E-state index in [1.807, 2.05) is 0 Å². The second-order valence-corrected chi connectivity index (χ2v) is 10.2. The van der Waals surface area contributed by atoms with Crippen molar-refractivity contribution >= 4 is 10.1 Å². The molecule has 4 nitrogen and oxygen atoms in total. The highest BCUT2D eigenvalue weighted by Gasteiger charge is 2.19. The lowest BCUT2D eigenvalue weighted by Gasteiger charge is -2.12. The Kier molecular flexibility index (Phi) is 18.8. The normalized spacial score (nSPS) is 14.3. The number of unbranched alkanes of at least 4 members (excludes halogenated alkanes) is 13. The maximum atomic E-state index is 11.1. The van der Waals surface area contributed by atoms with E-state index in [0.29, 0.717) is 12.8 Å². The van der Waals surface area contributed by atoms with Crippen LogP contribution in [0.25, 0.3) is 0 Å². The van der Waals surface area contributed by atoms with Crippen LogP contribution in [0.5, 0.6) is 0 Å². The highest BCUT2D eigenvalue weighted by atomic mass is 32.2. The van der Waals surface area contributed by atoms with Crippen LogP contribution in [0.1, 0.15) is 136 Å². The monoisotopic (exact) mass is 420 g/mol. The number of aliphatic hydroxyl groups excluding tert-OH is 1. The van der Waals surface area contributed by atoms with Crippen molar-refractivity contribution in [3.8, 4) is 0 Å². The molecule has 28 heavy (non-hydrogen) atoms. The number of aliphatic hydroxyl groups is 1. The Hall–Kier alpha value is -0.130. The lowest BCUT2D eigenvalue weighted by atomic mass is 10.0. The molecule has 0 bridgehead atoms. The minimum Gasteiger partial charge on any atom is -0.393 e. The molecule has 0 heterocycles. The van der Waals surface area contributed by atoms with Gasteiger partial charge in [0.1, 0.15) is 0 Å². The molecule has 0 fully saturated rings. The third-order valence-corrected chi connectivity index (χ3v) is 7.24. The number of hydrogen-bond acceptors (Lipinski definition) is 3. The molecule has 0 saturated heterocycles. The zero-order chi connectivity index (χ0) is 21.1. The van der Waals surface area contributed by atoms with Gasteiger partial charge in [-0.15, -0.1) is 0 Å². The van der Waals surface area contributed by atoms with Crippen LogP contribution in [0.15, 0.2) is 0 Å². The molecule has 0 spiro atoms. The smallest absolute Gasteiger partial charge is 0.267 e. The Balaban J connectivity index is 3.37. The maximum Gasteiger partial charge on any atom is 0.267 e. The molecular formula is C23H48O4S. The fourth-order valence-corrected chi connectivity index (χ4v) is 4.74. The van der Waals surface area contributed by atoms with Crippen LogP contribution >= 0.6 is 0 Å². The van der Waals surface area contributed by atoms with Gasteiger partial charge in [0.2, 0.25) is 0 Å². The third-order valence-electron chi connectivity index (χ3n) is 5.83. The first-order chi connectivity index (χ1) is 13.4. The Morgan fingerprint density at radius 1 is 0.607 bits per heavy atom. The van der Waals surface area contributed by atoms with E-state index in [9.17, 15) is 13.5 Å². The second kappa shape index (κ2) is 18.9. The van der Waals surface area contributed by atoms with Crippen LogP contribution in [-0.2, 0) is 10.1 Å². The Morgan fingerprint density at radius 3 is 1.32 bits per heavy atom. The van der Waals surface area contributed by atoms with Crippen molar-refractivity contribution in [2.45, 2.75) is 147 Å². The van der Waals surface area contributed by atoms with E-state index < -0.39 is 15.4 Å². The van der Waals surface area contributed by atoms with E-state index in [-0.39, 0.29) is 6.10 Å². The Morgan fingerprint density at radius 2 is 0.964 bits per heavy atom.